The van der Waals surface area contributed by atoms with Gasteiger partial charge in [-0.2, -0.15) is 0 Å². The van der Waals surface area contributed by atoms with Crippen molar-refractivity contribution >= 4 is 18.1 Å². The summed E-state index contributed by atoms with van der Waals surface area (Å²) in [5.41, 5.74) is 0.554. The fourth-order valence-corrected chi connectivity index (χ4v) is 2.10. The van der Waals surface area contributed by atoms with Gasteiger partial charge in [-0.05, 0) is 24.5 Å². The number of pyridine rings is 1. The van der Waals surface area contributed by atoms with Crippen LogP contribution in [0.25, 0.3) is 0 Å². The Morgan fingerprint density at radius 1 is 1.50 bits per heavy atom. The summed E-state index contributed by atoms with van der Waals surface area (Å²) in [4.78, 5) is 14.8. The first-order chi connectivity index (χ1) is 8.69. The Kier molecular flexibility index (Phi) is 6.65. The van der Waals surface area contributed by atoms with Gasteiger partial charge in [0.15, 0.2) is 0 Å². The van der Waals surface area contributed by atoms with Crippen molar-refractivity contribution in [2.24, 2.45) is 5.92 Å². The highest BCUT2D eigenvalue weighted by molar-refractivity contribution is 7.71. The van der Waals surface area contributed by atoms with Crippen LogP contribution >= 0.6 is 12.2 Å². The predicted molar refractivity (Wildman–Crippen MR) is 77.3 cm³/mol. The van der Waals surface area contributed by atoms with Crippen LogP contribution in [0.5, 0.6) is 0 Å². The van der Waals surface area contributed by atoms with Crippen LogP contribution in [0.15, 0.2) is 18.3 Å². The Morgan fingerprint density at radius 2 is 2.28 bits per heavy atom. The average molecular weight is 266 g/mol. The number of aromatic amines is 1. The lowest BCUT2D eigenvalue weighted by Crippen LogP contribution is -2.29. The zero-order chi connectivity index (χ0) is 13.4. The average Bonchev–Trinajstić information content (AvgIpc) is 2.39. The summed E-state index contributed by atoms with van der Waals surface area (Å²) >= 11 is 5.09. The van der Waals surface area contributed by atoms with Gasteiger partial charge in [0.05, 0.1) is 5.56 Å². The zero-order valence-electron chi connectivity index (χ0n) is 11.2. The third-order valence-electron chi connectivity index (χ3n) is 3.16. The Bertz CT molecular complexity index is 428. The number of nitrogens with one attached hydrogen (secondary N) is 2. The molecule has 1 atom stereocenters. The third kappa shape index (κ3) is 4.61. The SMILES string of the molecule is CCCCC(CC)CNC(=O)c1ccc[nH]c1=S. The molecule has 1 unspecified atom stereocenters. The van der Waals surface area contributed by atoms with E-state index in [4.69, 9.17) is 12.2 Å². The normalized spacial score (nSPS) is 12.1. The van der Waals surface area contributed by atoms with E-state index in [0.29, 0.717) is 16.1 Å². The second-order valence-corrected chi connectivity index (χ2v) is 4.95. The Hall–Kier alpha value is -1.16. The van der Waals surface area contributed by atoms with Gasteiger partial charge in [-0.1, -0.05) is 45.3 Å². The van der Waals surface area contributed by atoms with Crippen molar-refractivity contribution < 1.29 is 4.79 Å². The fraction of sp³-hybridized carbons (Fsp3) is 0.571. The molecule has 1 rings (SSSR count). The summed E-state index contributed by atoms with van der Waals surface area (Å²) < 4.78 is 0.497. The van der Waals surface area contributed by atoms with E-state index < -0.39 is 0 Å². The minimum Gasteiger partial charge on any atom is -0.352 e. The molecule has 2 N–H and O–H groups in total. The molecule has 1 aromatic rings. The standard InChI is InChI=1S/C14H22N2OS/c1-3-5-7-11(4-2)10-16-13(17)12-8-6-9-15-14(12)18/h6,8-9,11H,3-5,7,10H2,1-2H3,(H,15,18)(H,16,17). The van der Waals surface area contributed by atoms with Crippen molar-refractivity contribution in [3.8, 4) is 0 Å². The number of rotatable bonds is 7. The highest BCUT2D eigenvalue weighted by atomic mass is 32.1. The number of hydrogen-bond acceptors (Lipinski definition) is 2. The van der Waals surface area contributed by atoms with Crippen molar-refractivity contribution in [2.45, 2.75) is 39.5 Å². The first-order valence-corrected chi connectivity index (χ1v) is 7.05. The molecule has 0 aliphatic rings. The van der Waals surface area contributed by atoms with E-state index in [0.717, 1.165) is 13.0 Å². The molecular weight excluding hydrogens is 244 g/mol. The lowest BCUT2D eigenvalue weighted by molar-refractivity contribution is 0.0945. The first-order valence-electron chi connectivity index (χ1n) is 6.64. The van der Waals surface area contributed by atoms with Gasteiger partial charge in [-0.3, -0.25) is 4.79 Å². The van der Waals surface area contributed by atoms with Gasteiger partial charge in [0, 0.05) is 12.7 Å². The fourth-order valence-electron chi connectivity index (χ4n) is 1.88. The predicted octanol–water partition coefficient (Wildman–Crippen LogP) is 3.69. The number of hydrogen-bond donors (Lipinski definition) is 2. The lowest BCUT2D eigenvalue weighted by atomic mass is 9.99. The topological polar surface area (TPSA) is 44.9 Å². The van der Waals surface area contributed by atoms with E-state index in [-0.39, 0.29) is 5.91 Å². The van der Waals surface area contributed by atoms with Crippen LogP contribution in [-0.4, -0.2) is 17.4 Å². The van der Waals surface area contributed by atoms with Crippen LogP contribution in [0, 0.1) is 10.6 Å². The lowest BCUT2D eigenvalue weighted by Gasteiger charge is -2.15. The number of H-pyrrole nitrogens is 1. The highest BCUT2D eigenvalue weighted by Crippen LogP contribution is 2.11. The molecule has 0 bridgehead atoms. The third-order valence-corrected chi connectivity index (χ3v) is 3.50. The summed E-state index contributed by atoms with van der Waals surface area (Å²) in [6.07, 6.45) is 6.43. The van der Waals surface area contributed by atoms with Crippen LogP contribution in [0.2, 0.25) is 0 Å². The van der Waals surface area contributed by atoms with Gasteiger partial charge >= 0.3 is 0 Å². The van der Waals surface area contributed by atoms with Crippen molar-refractivity contribution in [1.29, 1.82) is 0 Å². The molecule has 1 aromatic heterocycles. The van der Waals surface area contributed by atoms with Gasteiger partial charge in [0.2, 0.25) is 0 Å². The summed E-state index contributed by atoms with van der Waals surface area (Å²) in [6.45, 7) is 5.09. The number of carbonyl (C=O) groups excluding carboxylic acids is 1. The van der Waals surface area contributed by atoms with E-state index in [1.807, 2.05) is 0 Å². The van der Waals surface area contributed by atoms with Crippen LogP contribution < -0.4 is 5.32 Å². The second kappa shape index (κ2) is 8.03. The zero-order valence-corrected chi connectivity index (χ0v) is 12.0. The molecule has 100 valence electrons. The maximum atomic E-state index is 12.0. The number of amides is 1. The minimum atomic E-state index is -0.0770. The molecule has 1 amide bonds. The molecule has 0 saturated heterocycles. The van der Waals surface area contributed by atoms with Crippen LogP contribution in [-0.2, 0) is 0 Å². The van der Waals surface area contributed by atoms with Gasteiger partial charge in [-0.15, -0.1) is 0 Å². The van der Waals surface area contributed by atoms with Gasteiger partial charge in [0.1, 0.15) is 4.64 Å². The van der Waals surface area contributed by atoms with Crippen LogP contribution in [0.4, 0.5) is 0 Å². The molecule has 3 nitrogen and oxygen atoms in total. The van der Waals surface area contributed by atoms with Crippen LogP contribution in [0.3, 0.4) is 0 Å². The summed E-state index contributed by atoms with van der Waals surface area (Å²) in [6, 6.07) is 3.54. The monoisotopic (exact) mass is 266 g/mol. The molecular formula is C14H22N2OS. The van der Waals surface area contributed by atoms with Crippen molar-refractivity contribution in [2.75, 3.05) is 6.54 Å². The number of unbranched alkanes of at least 4 members (excludes halogenated alkanes) is 1. The molecule has 0 fully saturated rings. The summed E-state index contributed by atoms with van der Waals surface area (Å²) in [5, 5.41) is 2.97. The molecule has 0 aromatic carbocycles. The summed E-state index contributed by atoms with van der Waals surface area (Å²) in [7, 11) is 0. The quantitative estimate of drug-likeness (QED) is 0.739. The van der Waals surface area contributed by atoms with Crippen molar-refractivity contribution in [1.82, 2.24) is 10.3 Å². The molecule has 0 aliphatic heterocycles. The highest BCUT2D eigenvalue weighted by Gasteiger charge is 2.10. The Labute approximate surface area is 114 Å². The number of carbonyl (C=O) groups is 1. The van der Waals surface area contributed by atoms with Crippen molar-refractivity contribution in [3.05, 3.63) is 28.5 Å². The van der Waals surface area contributed by atoms with Gasteiger partial charge < -0.3 is 10.3 Å². The Morgan fingerprint density at radius 3 is 2.89 bits per heavy atom. The molecule has 0 aliphatic carbocycles. The maximum Gasteiger partial charge on any atom is 0.254 e. The van der Waals surface area contributed by atoms with Gasteiger partial charge in [0.25, 0.3) is 5.91 Å². The van der Waals surface area contributed by atoms with E-state index >= 15 is 0 Å². The first kappa shape index (κ1) is 14.9. The molecule has 0 radical (unpaired) electrons. The molecule has 18 heavy (non-hydrogen) atoms. The molecule has 0 spiro atoms. The summed E-state index contributed by atoms with van der Waals surface area (Å²) in [5.74, 6) is 0.488. The minimum absolute atomic E-state index is 0.0770. The second-order valence-electron chi connectivity index (χ2n) is 4.54. The molecule has 1 heterocycles. The van der Waals surface area contributed by atoms with E-state index in [9.17, 15) is 4.79 Å². The molecule has 0 saturated carbocycles. The van der Waals surface area contributed by atoms with E-state index in [1.165, 1.54) is 19.3 Å². The van der Waals surface area contributed by atoms with E-state index in [1.54, 1.807) is 18.3 Å². The smallest absolute Gasteiger partial charge is 0.254 e. The van der Waals surface area contributed by atoms with E-state index in [2.05, 4.69) is 24.1 Å². The number of aromatic nitrogens is 1. The molecule has 4 heteroatoms. The van der Waals surface area contributed by atoms with Crippen LogP contribution in [0.1, 0.15) is 49.9 Å². The maximum absolute atomic E-state index is 12.0. The van der Waals surface area contributed by atoms with Gasteiger partial charge in [-0.25, -0.2) is 0 Å². The van der Waals surface area contributed by atoms with Crippen molar-refractivity contribution in [3.63, 3.8) is 0 Å². The largest absolute Gasteiger partial charge is 0.352 e. The Balaban J connectivity index is 2.50.